The number of piperidine rings is 1. The Bertz CT molecular complexity index is 691. The topological polar surface area (TPSA) is 56.9 Å². The average Bonchev–Trinajstić information content (AvgIpc) is 2.98. The fraction of sp³-hybridized carbons (Fsp3) is 0.526. The standard InChI is InChI=1S/C19H26ClN3O/c1-13(14-3-2-7-21-11-14)9-19(24)22-8-6-15-12-23-18-5-4-16(20)10-17(15)18/h4-5,10,12-14,21,23H,2-3,6-9,11H2,1H3,(H,22,24). The number of benzene rings is 1. The number of fused-ring (bicyclic) bond motifs is 1. The van der Waals surface area contributed by atoms with Crippen molar-refractivity contribution in [1.82, 2.24) is 15.6 Å². The molecule has 0 saturated carbocycles. The van der Waals surface area contributed by atoms with Gasteiger partial charge in [-0.3, -0.25) is 4.79 Å². The van der Waals surface area contributed by atoms with Crippen molar-refractivity contribution < 1.29 is 4.79 Å². The number of halogens is 1. The van der Waals surface area contributed by atoms with Crippen molar-refractivity contribution >= 4 is 28.4 Å². The molecule has 5 heteroatoms. The van der Waals surface area contributed by atoms with Gasteiger partial charge in [0.15, 0.2) is 0 Å². The molecule has 2 atom stereocenters. The predicted molar refractivity (Wildman–Crippen MR) is 99.4 cm³/mol. The smallest absolute Gasteiger partial charge is 0.220 e. The van der Waals surface area contributed by atoms with E-state index in [1.807, 2.05) is 24.4 Å². The van der Waals surface area contributed by atoms with Gasteiger partial charge < -0.3 is 15.6 Å². The van der Waals surface area contributed by atoms with E-state index in [4.69, 9.17) is 11.6 Å². The molecule has 3 rings (SSSR count). The lowest BCUT2D eigenvalue weighted by Gasteiger charge is -2.28. The summed E-state index contributed by atoms with van der Waals surface area (Å²) in [4.78, 5) is 15.4. The first-order valence-corrected chi connectivity index (χ1v) is 9.24. The molecule has 1 aromatic heterocycles. The van der Waals surface area contributed by atoms with E-state index in [2.05, 4.69) is 22.5 Å². The molecule has 0 aliphatic carbocycles. The van der Waals surface area contributed by atoms with Crippen LogP contribution in [0.3, 0.4) is 0 Å². The van der Waals surface area contributed by atoms with Crippen LogP contribution in [-0.4, -0.2) is 30.5 Å². The summed E-state index contributed by atoms with van der Waals surface area (Å²) < 4.78 is 0. The SMILES string of the molecule is CC(CC(=O)NCCc1c[nH]c2ccc(Cl)cc12)C1CCCNC1. The molecular weight excluding hydrogens is 322 g/mol. The van der Waals surface area contributed by atoms with Crippen molar-refractivity contribution in [3.05, 3.63) is 35.0 Å². The number of hydrogen-bond donors (Lipinski definition) is 3. The van der Waals surface area contributed by atoms with Crippen molar-refractivity contribution in [2.75, 3.05) is 19.6 Å². The van der Waals surface area contributed by atoms with E-state index in [1.54, 1.807) is 0 Å². The maximum absolute atomic E-state index is 12.2. The Morgan fingerprint density at radius 2 is 2.33 bits per heavy atom. The highest BCUT2D eigenvalue weighted by Gasteiger charge is 2.21. The summed E-state index contributed by atoms with van der Waals surface area (Å²) in [5.41, 5.74) is 2.27. The number of H-pyrrole nitrogens is 1. The van der Waals surface area contributed by atoms with Gasteiger partial charge in [0.2, 0.25) is 5.91 Å². The second-order valence-corrected chi connectivity index (χ2v) is 7.33. The van der Waals surface area contributed by atoms with Gasteiger partial charge in [0, 0.05) is 35.1 Å². The first-order chi connectivity index (χ1) is 11.6. The maximum atomic E-state index is 12.2. The molecule has 1 saturated heterocycles. The molecule has 4 nitrogen and oxygen atoms in total. The van der Waals surface area contributed by atoms with Crippen LogP contribution in [0, 0.1) is 11.8 Å². The predicted octanol–water partition coefficient (Wildman–Crippen LogP) is 3.51. The van der Waals surface area contributed by atoms with E-state index in [9.17, 15) is 4.79 Å². The lowest BCUT2D eigenvalue weighted by molar-refractivity contribution is -0.122. The quantitative estimate of drug-likeness (QED) is 0.749. The Morgan fingerprint density at radius 3 is 3.12 bits per heavy atom. The molecule has 2 unspecified atom stereocenters. The second-order valence-electron chi connectivity index (χ2n) is 6.89. The molecule has 0 radical (unpaired) electrons. The van der Waals surface area contributed by atoms with Gasteiger partial charge in [-0.1, -0.05) is 18.5 Å². The highest BCUT2D eigenvalue weighted by molar-refractivity contribution is 6.31. The van der Waals surface area contributed by atoms with E-state index in [0.29, 0.717) is 24.8 Å². The van der Waals surface area contributed by atoms with Crippen LogP contribution in [0.2, 0.25) is 5.02 Å². The van der Waals surface area contributed by atoms with Crippen LogP contribution in [0.5, 0.6) is 0 Å². The molecule has 1 aliphatic heterocycles. The van der Waals surface area contributed by atoms with Crippen LogP contribution in [-0.2, 0) is 11.2 Å². The van der Waals surface area contributed by atoms with Crippen LogP contribution in [0.4, 0.5) is 0 Å². The molecule has 0 spiro atoms. The van der Waals surface area contributed by atoms with Crippen LogP contribution >= 0.6 is 11.6 Å². The Hall–Kier alpha value is -1.52. The number of carbonyl (C=O) groups excluding carboxylic acids is 1. The number of nitrogens with one attached hydrogen (secondary N) is 3. The molecule has 24 heavy (non-hydrogen) atoms. The maximum Gasteiger partial charge on any atom is 0.220 e. The lowest BCUT2D eigenvalue weighted by Crippen LogP contribution is -2.36. The summed E-state index contributed by atoms with van der Waals surface area (Å²) in [6.45, 7) is 5.02. The molecule has 1 fully saturated rings. The largest absolute Gasteiger partial charge is 0.361 e. The van der Waals surface area contributed by atoms with Gasteiger partial charge in [0.05, 0.1) is 0 Å². The molecule has 1 aromatic carbocycles. The minimum Gasteiger partial charge on any atom is -0.361 e. The zero-order valence-electron chi connectivity index (χ0n) is 14.2. The Balaban J connectivity index is 1.46. The zero-order valence-corrected chi connectivity index (χ0v) is 15.0. The van der Waals surface area contributed by atoms with E-state index in [-0.39, 0.29) is 5.91 Å². The summed E-state index contributed by atoms with van der Waals surface area (Å²) in [7, 11) is 0. The van der Waals surface area contributed by atoms with Crippen LogP contribution in [0.1, 0.15) is 31.7 Å². The second kappa shape index (κ2) is 8.04. The van der Waals surface area contributed by atoms with E-state index < -0.39 is 0 Å². The van der Waals surface area contributed by atoms with Gasteiger partial charge in [0.25, 0.3) is 0 Å². The molecule has 2 aromatic rings. The van der Waals surface area contributed by atoms with Gasteiger partial charge in [-0.05, 0) is 68.0 Å². The minimum atomic E-state index is 0.158. The fourth-order valence-electron chi connectivity index (χ4n) is 3.59. The van der Waals surface area contributed by atoms with Gasteiger partial charge in [-0.25, -0.2) is 0 Å². The normalized spacial score (nSPS) is 19.3. The van der Waals surface area contributed by atoms with Crippen molar-refractivity contribution in [3.63, 3.8) is 0 Å². The Labute approximate surface area is 148 Å². The number of aromatic amines is 1. The molecule has 1 aliphatic rings. The molecule has 3 N–H and O–H groups in total. The lowest BCUT2D eigenvalue weighted by atomic mass is 9.85. The Morgan fingerprint density at radius 1 is 1.46 bits per heavy atom. The summed E-state index contributed by atoms with van der Waals surface area (Å²) in [6, 6.07) is 5.84. The number of hydrogen-bond acceptors (Lipinski definition) is 2. The zero-order chi connectivity index (χ0) is 16.9. The van der Waals surface area contributed by atoms with Crippen LogP contribution in [0.15, 0.2) is 24.4 Å². The van der Waals surface area contributed by atoms with Gasteiger partial charge in [-0.15, -0.1) is 0 Å². The third-order valence-corrected chi connectivity index (χ3v) is 5.33. The van der Waals surface area contributed by atoms with Crippen LogP contribution < -0.4 is 10.6 Å². The number of amides is 1. The molecule has 2 heterocycles. The summed E-state index contributed by atoms with van der Waals surface area (Å²) in [6.07, 6.45) is 5.89. The summed E-state index contributed by atoms with van der Waals surface area (Å²) in [5.74, 6) is 1.22. The van der Waals surface area contributed by atoms with Gasteiger partial charge in [0.1, 0.15) is 0 Å². The van der Waals surface area contributed by atoms with Crippen molar-refractivity contribution in [2.45, 2.75) is 32.6 Å². The molecule has 130 valence electrons. The molecular formula is C19H26ClN3O. The highest BCUT2D eigenvalue weighted by atomic mass is 35.5. The third-order valence-electron chi connectivity index (χ3n) is 5.09. The monoisotopic (exact) mass is 347 g/mol. The minimum absolute atomic E-state index is 0.158. The fourth-order valence-corrected chi connectivity index (χ4v) is 3.76. The number of carbonyl (C=O) groups is 1. The van der Waals surface area contributed by atoms with E-state index >= 15 is 0 Å². The third kappa shape index (κ3) is 4.31. The average molecular weight is 348 g/mol. The first-order valence-electron chi connectivity index (χ1n) is 8.86. The van der Waals surface area contributed by atoms with E-state index in [1.165, 1.54) is 18.4 Å². The molecule has 1 amide bonds. The van der Waals surface area contributed by atoms with Crippen molar-refractivity contribution in [1.29, 1.82) is 0 Å². The summed E-state index contributed by atoms with van der Waals surface area (Å²) >= 11 is 6.07. The number of aromatic nitrogens is 1. The highest BCUT2D eigenvalue weighted by Crippen LogP contribution is 2.23. The van der Waals surface area contributed by atoms with Gasteiger partial charge >= 0.3 is 0 Å². The first kappa shape index (κ1) is 17.3. The van der Waals surface area contributed by atoms with Crippen LogP contribution in [0.25, 0.3) is 10.9 Å². The van der Waals surface area contributed by atoms with E-state index in [0.717, 1.165) is 35.4 Å². The van der Waals surface area contributed by atoms with Crippen molar-refractivity contribution in [2.24, 2.45) is 11.8 Å². The van der Waals surface area contributed by atoms with Crippen molar-refractivity contribution in [3.8, 4) is 0 Å². The number of rotatable bonds is 6. The van der Waals surface area contributed by atoms with Gasteiger partial charge in [-0.2, -0.15) is 0 Å². The summed E-state index contributed by atoms with van der Waals surface area (Å²) in [5, 5.41) is 8.37. The molecule has 0 bridgehead atoms. The Kier molecular flexibility index (Phi) is 5.80.